The molecule has 0 bridgehead atoms. The Morgan fingerprint density at radius 3 is 2.46 bits per heavy atom. The molecule has 7 nitrogen and oxygen atoms in total. The third kappa shape index (κ3) is 5.29. The van der Waals surface area contributed by atoms with E-state index < -0.39 is 23.5 Å². The van der Waals surface area contributed by atoms with Crippen LogP contribution in [0.2, 0.25) is 0 Å². The predicted octanol–water partition coefficient (Wildman–Crippen LogP) is 5.92. The zero-order valence-electron chi connectivity index (χ0n) is 18.6. The zero-order chi connectivity index (χ0) is 25.2. The summed E-state index contributed by atoms with van der Waals surface area (Å²) in [7, 11) is 0. The van der Waals surface area contributed by atoms with Crippen molar-refractivity contribution in [1.82, 2.24) is 19.9 Å². The molecule has 0 saturated carbocycles. The normalized spacial score (nSPS) is 11.4. The molecule has 4 rings (SSSR count). The van der Waals surface area contributed by atoms with E-state index in [-0.39, 0.29) is 34.9 Å². The molecule has 2 aromatic heterocycles. The summed E-state index contributed by atoms with van der Waals surface area (Å²) in [6, 6.07) is 8.55. The van der Waals surface area contributed by atoms with E-state index in [1.165, 1.54) is 30.5 Å². The lowest BCUT2D eigenvalue weighted by Crippen LogP contribution is -2.10. The highest BCUT2D eigenvalue weighted by molar-refractivity contribution is 5.96. The van der Waals surface area contributed by atoms with Gasteiger partial charge < -0.3 is 15.0 Å². The molecule has 0 saturated heterocycles. The van der Waals surface area contributed by atoms with Gasteiger partial charge in [0.1, 0.15) is 17.2 Å². The van der Waals surface area contributed by atoms with Crippen molar-refractivity contribution >= 4 is 17.6 Å². The zero-order valence-corrected chi connectivity index (χ0v) is 18.6. The van der Waals surface area contributed by atoms with Crippen LogP contribution in [0.1, 0.15) is 28.5 Å². The Bertz CT molecular complexity index is 1370. The summed E-state index contributed by atoms with van der Waals surface area (Å²) in [5, 5.41) is 2.85. The predicted molar refractivity (Wildman–Crippen MR) is 120 cm³/mol. The van der Waals surface area contributed by atoms with Gasteiger partial charge in [0.2, 0.25) is 5.95 Å². The molecule has 0 amide bonds. The molecule has 0 atom stereocenters. The van der Waals surface area contributed by atoms with Gasteiger partial charge >= 0.3 is 12.1 Å². The van der Waals surface area contributed by atoms with Gasteiger partial charge in [0, 0.05) is 23.6 Å². The molecule has 0 radical (unpaired) electrons. The van der Waals surface area contributed by atoms with Gasteiger partial charge in [-0.1, -0.05) is 12.1 Å². The number of halogens is 4. The monoisotopic (exact) mass is 485 g/mol. The van der Waals surface area contributed by atoms with E-state index in [0.717, 1.165) is 12.1 Å². The fourth-order valence-electron chi connectivity index (χ4n) is 3.30. The lowest BCUT2D eigenvalue weighted by atomic mass is 10.0. The van der Waals surface area contributed by atoms with Crippen molar-refractivity contribution in [1.29, 1.82) is 0 Å². The molecule has 0 spiro atoms. The number of ether oxygens (including phenoxy) is 1. The summed E-state index contributed by atoms with van der Waals surface area (Å²) < 4.78 is 58.6. The molecule has 35 heavy (non-hydrogen) atoms. The summed E-state index contributed by atoms with van der Waals surface area (Å²) >= 11 is 0. The number of nitrogens with one attached hydrogen (secondary N) is 2. The van der Waals surface area contributed by atoms with Crippen molar-refractivity contribution in [2.75, 3.05) is 11.9 Å². The van der Waals surface area contributed by atoms with Crippen LogP contribution in [0.4, 0.5) is 29.2 Å². The molecule has 2 N–H and O–H groups in total. The van der Waals surface area contributed by atoms with Crippen LogP contribution >= 0.6 is 0 Å². The van der Waals surface area contributed by atoms with Gasteiger partial charge in [-0.25, -0.2) is 24.1 Å². The van der Waals surface area contributed by atoms with Crippen LogP contribution in [0, 0.1) is 12.7 Å². The van der Waals surface area contributed by atoms with Crippen molar-refractivity contribution in [2.24, 2.45) is 0 Å². The number of benzene rings is 2. The van der Waals surface area contributed by atoms with Gasteiger partial charge in [-0.3, -0.25) is 0 Å². The van der Waals surface area contributed by atoms with Gasteiger partial charge in [-0.15, -0.1) is 0 Å². The highest BCUT2D eigenvalue weighted by Crippen LogP contribution is 2.32. The Balaban J connectivity index is 1.67. The molecule has 4 aromatic rings. The molecule has 2 aromatic carbocycles. The van der Waals surface area contributed by atoms with Crippen molar-refractivity contribution in [2.45, 2.75) is 20.0 Å². The fraction of sp³-hybridized carbons (Fsp3) is 0.167. The minimum absolute atomic E-state index is 0.00828. The molecular formula is C24H19F4N5O2. The highest BCUT2D eigenvalue weighted by atomic mass is 19.4. The molecule has 0 aliphatic carbocycles. The molecular weight excluding hydrogens is 466 g/mol. The quantitative estimate of drug-likeness (QED) is 0.260. The van der Waals surface area contributed by atoms with E-state index >= 15 is 0 Å². The Morgan fingerprint density at radius 1 is 1.11 bits per heavy atom. The summed E-state index contributed by atoms with van der Waals surface area (Å²) in [6.45, 7) is 3.49. The summed E-state index contributed by atoms with van der Waals surface area (Å²) in [6.07, 6.45) is -1.65. The Kier molecular flexibility index (Phi) is 6.50. The summed E-state index contributed by atoms with van der Waals surface area (Å²) in [4.78, 5) is 27.9. The third-order valence-corrected chi connectivity index (χ3v) is 4.96. The number of H-pyrrole nitrogens is 1. The number of carbonyl (C=O) groups is 1. The van der Waals surface area contributed by atoms with Crippen molar-refractivity contribution in [3.8, 4) is 22.6 Å². The highest BCUT2D eigenvalue weighted by Gasteiger charge is 2.30. The van der Waals surface area contributed by atoms with Gasteiger partial charge in [-0.2, -0.15) is 13.2 Å². The number of aryl methyl sites for hydroxylation is 1. The van der Waals surface area contributed by atoms with Crippen LogP contribution in [-0.4, -0.2) is 32.5 Å². The average molecular weight is 485 g/mol. The second-order valence-corrected chi connectivity index (χ2v) is 7.46. The number of alkyl halides is 3. The summed E-state index contributed by atoms with van der Waals surface area (Å²) in [5.74, 6) is -0.881. The number of hydrogen-bond acceptors (Lipinski definition) is 6. The molecule has 2 heterocycles. The SMILES string of the molecule is CCOC(=O)c1cnc(Nc2ccc(-c3nc(C)c[nH]3)c(F)c2)nc1-c1ccc(C(F)(F)F)cc1. The number of imidazole rings is 1. The maximum Gasteiger partial charge on any atom is 0.416 e. The Hall–Kier alpha value is -4.28. The van der Waals surface area contributed by atoms with Crippen LogP contribution in [0.3, 0.4) is 0 Å². The van der Waals surface area contributed by atoms with Gasteiger partial charge in [0.15, 0.2) is 0 Å². The first-order chi connectivity index (χ1) is 16.7. The second-order valence-electron chi connectivity index (χ2n) is 7.46. The Labute approximate surface area is 197 Å². The van der Waals surface area contributed by atoms with Crippen LogP contribution in [0.5, 0.6) is 0 Å². The minimum Gasteiger partial charge on any atom is -0.462 e. The number of aromatic nitrogens is 4. The average Bonchev–Trinajstić information content (AvgIpc) is 3.24. The lowest BCUT2D eigenvalue weighted by Gasteiger charge is -2.12. The Morgan fingerprint density at radius 2 is 1.86 bits per heavy atom. The molecule has 0 unspecified atom stereocenters. The minimum atomic E-state index is -4.51. The van der Waals surface area contributed by atoms with Crippen LogP contribution in [-0.2, 0) is 10.9 Å². The van der Waals surface area contributed by atoms with E-state index in [9.17, 15) is 22.4 Å². The molecule has 0 aliphatic rings. The fourth-order valence-corrected chi connectivity index (χ4v) is 3.30. The topological polar surface area (TPSA) is 92.8 Å². The van der Waals surface area contributed by atoms with Crippen LogP contribution in [0.25, 0.3) is 22.6 Å². The van der Waals surface area contributed by atoms with Gasteiger partial charge in [0.25, 0.3) is 0 Å². The second kappa shape index (κ2) is 9.53. The van der Waals surface area contributed by atoms with E-state index in [0.29, 0.717) is 17.2 Å². The number of carbonyl (C=O) groups excluding carboxylic acids is 1. The first-order valence-electron chi connectivity index (χ1n) is 10.5. The molecule has 0 aliphatic heterocycles. The number of esters is 1. The van der Waals surface area contributed by atoms with Crippen molar-refractivity contribution in [3.05, 3.63) is 77.5 Å². The van der Waals surface area contributed by atoms with Gasteiger partial charge in [-0.05, 0) is 44.2 Å². The third-order valence-electron chi connectivity index (χ3n) is 4.96. The number of hydrogen-bond donors (Lipinski definition) is 2. The smallest absolute Gasteiger partial charge is 0.416 e. The van der Waals surface area contributed by atoms with Gasteiger partial charge in [0.05, 0.1) is 29.1 Å². The maximum atomic E-state index is 14.7. The number of anilines is 2. The maximum absolute atomic E-state index is 14.7. The van der Waals surface area contributed by atoms with E-state index in [1.54, 1.807) is 26.1 Å². The van der Waals surface area contributed by atoms with Crippen molar-refractivity contribution in [3.63, 3.8) is 0 Å². The standard InChI is InChI=1S/C24H19F4N5O2/c1-3-35-22(34)18-12-30-23(33-20(18)14-4-6-15(7-5-14)24(26,27)28)32-16-8-9-17(19(25)10-16)21-29-11-13(2)31-21/h4-12H,3H2,1-2H3,(H,29,31)(H,30,32,33). The molecule has 11 heteroatoms. The largest absolute Gasteiger partial charge is 0.462 e. The van der Waals surface area contributed by atoms with Crippen molar-refractivity contribution < 1.29 is 27.1 Å². The van der Waals surface area contributed by atoms with E-state index in [4.69, 9.17) is 4.74 Å². The molecule has 0 fully saturated rings. The van der Waals surface area contributed by atoms with E-state index in [1.807, 2.05) is 0 Å². The van der Waals surface area contributed by atoms with Crippen LogP contribution < -0.4 is 5.32 Å². The van der Waals surface area contributed by atoms with Crippen LogP contribution in [0.15, 0.2) is 54.9 Å². The first-order valence-corrected chi connectivity index (χ1v) is 10.5. The number of rotatable bonds is 6. The molecule has 180 valence electrons. The first kappa shape index (κ1) is 23.9. The number of nitrogens with zero attached hydrogens (tertiary/aromatic N) is 3. The van der Waals surface area contributed by atoms with E-state index in [2.05, 4.69) is 25.3 Å². The number of aromatic amines is 1. The summed E-state index contributed by atoms with van der Waals surface area (Å²) in [5.41, 5.74) is 0.761. The lowest BCUT2D eigenvalue weighted by molar-refractivity contribution is -0.137.